The number of rotatable bonds is 8. The molecule has 0 radical (unpaired) electrons. The van der Waals surface area contributed by atoms with E-state index in [1.165, 1.54) is 0 Å². The second-order valence-electron chi connectivity index (χ2n) is 6.49. The monoisotopic (exact) mass is 313 g/mol. The van der Waals surface area contributed by atoms with Crippen LogP contribution >= 0.6 is 0 Å². The Labute approximate surface area is 128 Å². The molecular formula is C15H27N3O2S. The van der Waals surface area contributed by atoms with Crippen molar-refractivity contribution < 1.29 is 8.42 Å². The standard InChI is InChI=1S/C15H27N3O2S/c1-5-15(6-7-15)11-17-21(19,20)14-8-13(18(4)10-14)9-16-12(2)3/h8,10,12,16-17H,5-7,9,11H2,1-4H3. The first-order valence-corrected chi connectivity index (χ1v) is 9.15. The number of aryl methyl sites for hydroxylation is 1. The Morgan fingerprint density at radius 3 is 2.57 bits per heavy atom. The maximum absolute atomic E-state index is 12.4. The molecule has 1 aromatic heterocycles. The summed E-state index contributed by atoms with van der Waals surface area (Å²) in [6.45, 7) is 7.49. The summed E-state index contributed by atoms with van der Waals surface area (Å²) in [5.74, 6) is 0. The summed E-state index contributed by atoms with van der Waals surface area (Å²) in [6.07, 6.45) is 4.98. The molecule has 0 aromatic carbocycles. The molecule has 1 saturated carbocycles. The Balaban J connectivity index is 2.04. The van der Waals surface area contributed by atoms with E-state index in [0.717, 1.165) is 25.0 Å². The van der Waals surface area contributed by atoms with Gasteiger partial charge in [-0.05, 0) is 30.7 Å². The second-order valence-corrected chi connectivity index (χ2v) is 8.26. The number of hydrogen-bond acceptors (Lipinski definition) is 3. The topological polar surface area (TPSA) is 63.1 Å². The Hall–Kier alpha value is -0.850. The van der Waals surface area contributed by atoms with E-state index in [1.54, 1.807) is 12.3 Å². The van der Waals surface area contributed by atoms with Gasteiger partial charge in [-0.1, -0.05) is 20.8 Å². The van der Waals surface area contributed by atoms with Gasteiger partial charge in [0.2, 0.25) is 10.0 Å². The number of hydrogen-bond donors (Lipinski definition) is 2. The van der Waals surface area contributed by atoms with Crippen molar-refractivity contribution >= 4 is 10.0 Å². The normalized spacial score (nSPS) is 17.4. The minimum Gasteiger partial charge on any atom is -0.352 e. The van der Waals surface area contributed by atoms with Crippen LogP contribution in [0.15, 0.2) is 17.2 Å². The highest BCUT2D eigenvalue weighted by atomic mass is 32.2. The van der Waals surface area contributed by atoms with Crippen LogP contribution in [0.5, 0.6) is 0 Å². The Morgan fingerprint density at radius 2 is 2.05 bits per heavy atom. The third-order valence-electron chi connectivity index (χ3n) is 4.43. The molecule has 21 heavy (non-hydrogen) atoms. The molecule has 0 amide bonds. The molecule has 2 rings (SSSR count). The zero-order valence-corrected chi connectivity index (χ0v) is 14.3. The maximum atomic E-state index is 12.4. The predicted molar refractivity (Wildman–Crippen MR) is 84.5 cm³/mol. The molecule has 120 valence electrons. The van der Waals surface area contributed by atoms with Gasteiger partial charge in [-0.25, -0.2) is 13.1 Å². The molecular weight excluding hydrogens is 286 g/mol. The van der Waals surface area contributed by atoms with Gasteiger partial charge in [-0.15, -0.1) is 0 Å². The van der Waals surface area contributed by atoms with Crippen molar-refractivity contribution in [1.82, 2.24) is 14.6 Å². The highest BCUT2D eigenvalue weighted by Crippen LogP contribution is 2.48. The molecule has 0 bridgehead atoms. The van der Waals surface area contributed by atoms with E-state index in [2.05, 4.69) is 30.8 Å². The zero-order valence-electron chi connectivity index (χ0n) is 13.4. The van der Waals surface area contributed by atoms with Gasteiger partial charge in [-0.2, -0.15) is 0 Å². The van der Waals surface area contributed by atoms with Gasteiger partial charge in [0.15, 0.2) is 0 Å². The van der Waals surface area contributed by atoms with Gasteiger partial charge in [0.25, 0.3) is 0 Å². The molecule has 1 heterocycles. The molecule has 0 saturated heterocycles. The number of nitrogens with zero attached hydrogens (tertiary/aromatic N) is 1. The third kappa shape index (κ3) is 4.08. The lowest BCUT2D eigenvalue weighted by Gasteiger charge is -2.12. The average molecular weight is 313 g/mol. The van der Waals surface area contributed by atoms with E-state index >= 15 is 0 Å². The van der Waals surface area contributed by atoms with Crippen molar-refractivity contribution in [3.05, 3.63) is 18.0 Å². The SMILES string of the molecule is CCC1(CNS(=O)(=O)c2cc(CNC(C)C)n(C)c2)CC1. The van der Waals surface area contributed by atoms with Crippen LogP contribution < -0.4 is 10.0 Å². The summed E-state index contributed by atoms with van der Waals surface area (Å²) in [6, 6.07) is 2.13. The molecule has 5 nitrogen and oxygen atoms in total. The number of sulfonamides is 1. The van der Waals surface area contributed by atoms with Crippen LogP contribution in [0.1, 0.15) is 45.7 Å². The first kappa shape index (κ1) is 16.5. The molecule has 2 N–H and O–H groups in total. The molecule has 1 aliphatic carbocycles. The molecule has 0 unspecified atom stereocenters. The fraction of sp³-hybridized carbons (Fsp3) is 0.733. The van der Waals surface area contributed by atoms with Crippen molar-refractivity contribution in [2.75, 3.05) is 6.54 Å². The lowest BCUT2D eigenvalue weighted by molar-refractivity contribution is 0.475. The van der Waals surface area contributed by atoms with Crippen molar-refractivity contribution in [2.45, 2.75) is 57.5 Å². The summed E-state index contributed by atoms with van der Waals surface area (Å²) < 4.78 is 29.4. The van der Waals surface area contributed by atoms with E-state index in [0.29, 0.717) is 24.0 Å². The van der Waals surface area contributed by atoms with Crippen molar-refractivity contribution in [1.29, 1.82) is 0 Å². The highest BCUT2D eigenvalue weighted by molar-refractivity contribution is 7.89. The maximum Gasteiger partial charge on any atom is 0.242 e. The van der Waals surface area contributed by atoms with Crippen molar-refractivity contribution in [3.63, 3.8) is 0 Å². The fourth-order valence-electron chi connectivity index (χ4n) is 2.37. The van der Waals surface area contributed by atoms with Crippen LogP contribution in [-0.4, -0.2) is 25.6 Å². The minimum absolute atomic E-state index is 0.212. The highest BCUT2D eigenvalue weighted by Gasteiger charge is 2.41. The fourth-order valence-corrected chi connectivity index (χ4v) is 3.62. The van der Waals surface area contributed by atoms with Gasteiger partial charge in [0.05, 0.1) is 4.90 Å². The van der Waals surface area contributed by atoms with Crippen LogP contribution in [0.3, 0.4) is 0 Å². The van der Waals surface area contributed by atoms with Gasteiger partial charge < -0.3 is 9.88 Å². The molecule has 0 aliphatic heterocycles. The van der Waals surface area contributed by atoms with E-state index in [4.69, 9.17) is 0 Å². The lowest BCUT2D eigenvalue weighted by Crippen LogP contribution is -2.29. The van der Waals surface area contributed by atoms with Crippen molar-refractivity contribution in [2.24, 2.45) is 12.5 Å². The number of aromatic nitrogens is 1. The first-order chi connectivity index (χ1) is 9.78. The van der Waals surface area contributed by atoms with Gasteiger partial charge in [0.1, 0.15) is 0 Å². The third-order valence-corrected chi connectivity index (χ3v) is 5.80. The van der Waals surface area contributed by atoms with Crippen LogP contribution in [0.25, 0.3) is 0 Å². The Kier molecular flexibility index (Phi) is 4.80. The predicted octanol–water partition coefficient (Wildman–Crippen LogP) is 1.99. The molecule has 0 atom stereocenters. The van der Waals surface area contributed by atoms with E-state index in [-0.39, 0.29) is 5.41 Å². The summed E-state index contributed by atoms with van der Waals surface area (Å²) in [5, 5.41) is 3.31. The van der Waals surface area contributed by atoms with Gasteiger partial charge >= 0.3 is 0 Å². The van der Waals surface area contributed by atoms with E-state index < -0.39 is 10.0 Å². The molecule has 1 aliphatic rings. The summed E-state index contributed by atoms with van der Waals surface area (Å²) in [7, 11) is -1.52. The van der Waals surface area contributed by atoms with Gasteiger partial charge in [-0.3, -0.25) is 0 Å². The molecule has 6 heteroatoms. The van der Waals surface area contributed by atoms with Crippen LogP contribution in [0, 0.1) is 5.41 Å². The zero-order chi connectivity index (χ0) is 15.7. The summed E-state index contributed by atoms with van der Waals surface area (Å²) in [5.41, 5.74) is 1.19. The van der Waals surface area contributed by atoms with Crippen molar-refractivity contribution in [3.8, 4) is 0 Å². The number of nitrogens with one attached hydrogen (secondary N) is 2. The van der Waals surface area contributed by atoms with Gasteiger partial charge in [0, 0.05) is 38.1 Å². The smallest absolute Gasteiger partial charge is 0.242 e. The van der Waals surface area contributed by atoms with Crippen LogP contribution in [-0.2, 0) is 23.6 Å². The first-order valence-electron chi connectivity index (χ1n) is 7.66. The largest absolute Gasteiger partial charge is 0.352 e. The van der Waals surface area contributed by atoms with E-state index in [1.807, 2.05) is 11.6 Å². The molecule has 0 spiro atoms. The Morgan fingerprint density at radius 1 is 1.38 bits per heavy atom. The van der Waals surface area contributed by atoms with Crippen LogP contribution in [0.2, 0.25) is 0 Å². The second kappa shape index (κ2) is 6.10. The summed E-state index contributed by atoms with van der Waals surface area (Å²) >= 11 is 0. The lowest BCUT2D eigenvalue weighted by atomic mass is 10.1. The quantitative estimate of drug-likeness (QED) is 0.771. The molecule has 1 aromatic rings. The summed E-state index contributed by atoms with van der Waals surface area (Å²) in [4.78, 5) is 0.359. The minimum atomic E-state index is -3.40. The van der Waals surface area contributed by atoms with E-state index in [9.17, 15) is 8.42 Å². The molecule has 1 fully saturated rings. The Bertz CT molecular complexity index is 586. The average Bonchev–Trinajstić information content (AvgIpc) is 3.11. The van der Waals surface area contributed by atoms with Crippen LogP contribution in [0.4, 0.5) is 0 Å².